The zero-order valence-electron chi connectivity index (χ0n) is 20.4. The van der Waals surface area contributed by atoms with Gasteiger partial charge in [0.15, 0.2) is 0 Å². The lowest BCUT2D eigenvalue weighted by atomic mass is 9.90. The minimum atomic E-state index is -4.54. The van der Waals surface area contributed by atoms with Crippen LogP contribution in [-0.4, -0.2) is 75.3 Å². The first-order valence-corrected chi connectivity index (χ1v) is 13.3. The summed E-state index contributed by atoms with van der Waals surface area (Å²) in [4.78, 5) is 17.8. The van der Waals surface area contributed by atoms with Crippen molar-refractivity contribution in [3.63, 3.8) is 0 Å². The van der Waals surface area contributed by atoms with Gasteiger partial charge >= 0.3 is 6.18 Å². The Balaban J connectivity index is 1.42. The Bertz CT molecular complexity index is 1410. The van der Waals surface area contributed by atoms with Gasteiger partial charge in [0, 0.05) is 43.4 Å². The predicted octanol–water partition coefficient (Wildman–Crippen LogP) is 2.64. The third-order valence-corrected chi connectivity index (χ3v) is 8.35. The summed E-state index contributed by atoms with van der Waals surface area (Å²) in [5, 5.41) is 15.2. The average molecular weight is 574 g/mol. The molecule has 1 aliphatic rings. The van der Waals surface area contributed by atoms with Crippen molar-refractivity contribution in [2.45, 2.75) is 24.7 Å². The largest absolute Gasteiger partial charge is 0.416 e. The fourth-order valence-electron chi connectivity index (χ4n) is 4.33. The molecular weight excluding hydrogens is 549 g/mol. The highest BCUT2D eigenvalue weighted by Gasteiger charge is 2.37. The van der Waals surface area contributed by atoms with Gasteiger partial charge in [-0.05, 0) is 36.8 Å². The van der Waals surface area contributed by atoms with Crippen LogP contribution in [0.15, 0.2) is 55.1 Å². The molecule has 0 spiro atoms. The molecule has 0 saturated carbocycles. The number of amides is 1. The molecule has 9 nitrogen and oxygen atoms in total. The quantitative estimate of drug-likeness (QED) is 0.415. The van der Waals surface area contributed by atoms with Crippen molar-refractivity contribution in [2.75, 3.05) is 31.9 Å². The van der Waals surface area contributed by atoms with Gasteiger partial charge in [-0.25, -0.2) is 26.9 Å². The molecule has 0 radical (unpaired) electrons. The molecule has 1 atom stereocenters. The van der Waals surface area contributed by atoms with Gasteiger partial charge in [0.2, 0.25) is 10.0 Å². The van der Waals surface area contributed by atoms with Gasteiger partial charge in [0.25, 0.3) is 5.91 Å². The molecular formula is C24H24F5N5O4S. The Hall–Kier alpha value is -3.43. The molecule has 4 rings (SSSR count). The molecule has 1 fully saturated rings. The summed E-state index contributed by atoms with van der Waals surface area (Å²) in [5.41, 5.74) is -3.22. The number of piperazine rings is 1. The van der Waals surface area contributed by atoms with Crippen molar-refractivity contribution in [3.05, 3.63) is 83.4 Å². The van der Waals surface area contributed by atoms with Gasteiger partial charge < -0.3 is 10.0 Å². The van der Waals surface area contributed by atoms with Crippen LogP contribution >= 0.6 is 0 Å². The minimum absolute atomic E-state index is 0.00506. The smallest absolute Gasteiger partial charge is 0.383 e. The number of carbonyl (C=O) groups is 1. The van der Waals surface area contributed by atoms with E-state index in [4.69, 9.17) is 0 Å². The monoisotopic (exact) mass is 573 g/mol. The minimum Gasteiger partial charge on any atom is -0.383 e. The molecule has 2 aromatic carbocycles. The van der Waals surface area contributed by atoms with Crippen LogP contribution < -0.4 is 0 Å². The first-order valence-electron chi connectivity index (χ1n) is 11.7. The van der Waals surface area contributed by atoms with E-state index in [2.05, 4.69) is 10.1 Å². The number of nitrogens with zero attached hydrogens (tertiary/aromatic N) is 5. The van der Waals surface area contributed by atoms with E-state index in [1.165, 1.54) is 22.2 Å². The second-order valence-electron chi connectivity index (χ2n) is 9.08. The van der Waals surface area contributed by atoms with E-state index in [1.54, 1.807) is 0 Å². The molecule has 2 heterocycles. The molecule has 0 bridgehead atoms. The van der Waals surface area contributed by atoms with Crippen LogP contribution in [0, 0.1) is 11.6 Å². The zero-order chi connectivity index (χ0) is 28.4. The first-order chi connectivity index (χ1) is 18.3. The average Bonchev–Trinajstić information content (AvgIpc) is 3.39. The molecule has 0 aliphatic carbocycles. The Morgan fingerprint density at radius 2 is 1.67 bits per heavy atom. The number of aromatic nitrogens is 3. The van der Waals surface area contributed by atoms with Crippen molar-refractivity contribution < 1.29 is 40.3 Å². The van der Waals surface area contributed by atoms with Crippen molar-refractivity contribution in [1.82, 2.24) is 24.0 Å². The lowest BCUT2D eigenvalue weighted by molar-refractivity contribution is -0.137. The molecule has 39 heavy (non-hydrogen) atoms. The normalized spacial score (nSPS) is 16.7. The van der Waals surface area contributed by atoms with Gasteiger partial charge in [0.05, 0.1) is 17.9 Å². The first kappa shape index (κ1) is 28.6. The van der Waals surface area contributed by atoms with Crippen molar-refractivity contribution in [2.24, 2.45) is 0 Å². The standard InChI is InChI=1S/C24H24F5N5O4S/c25-19-5-6-20(21(26)13-19)23(36,14-33-16-30-15-31-33)7-12-39(37,38)34-10-8-32(9-11-34)22(35)17-1-3-18(4-2-17)24(27,28)29/h1-6,13,15-16,36H,7-12,14H2. The van der Waals surface area contributed by atoms with Gasteiger partial charge in [-0.3, -0.25) is 4.79 Å². The maximum Gasteiger partial charge on any atom is 0.416 e. The molecule has 1 aromatic heterocycles. The topological polar surface area (TPSA) is 109 Å². The van der Waals surface area contributed by atoms with Crippen LogP contribution in [0.1, 0.15) is 27.9 Å². The second kappa shape index (κ2) is 11.0. The molecule has 1 N–H and O–H groups in total. The molecule has 210 valence electrons. The molecule has 1 aliphatic heterocycles. The van der Waals surface area contributed by atoms with Crippen molar-refractivity contribution >= 4 is 15.9 Å². The summed E-state index contributed by atoms with van der Waals surface area (Å²) >= 11 is 0. The summed E-state index contributed by atoms with van der Waals surface area (Å²) in [6.07, 6.45) is -2.55. The maximum absolute atomic E-state index is 14.6. The summed E-state index contributed by atoms with van der Waals surface area (Å²) in [5.74, 6) is -3.04. The third-order valence-electron chi connectivity index (χ3n) is 6.47. The molecule has 3 aromatic rings. The summed E-state index contributed by atoms with van der Waals surface area (Å²) < 4.78 is 94.9. The van der Waals surface area contributed by atoms with E-state index in [1.807, 2.05) is 0 Å². The van der Waals surface area contributed by atoms with Crippen LogP contribution in [0.3, 0.4) is 0 Å². The number of carbonyl (C=O) groups excluding carboxylic acids is 1. The van der Waals surface area contributed by atoms with Gasteiger partial charge in [0.1, 0.15) is 29.9 Å². The van der Waals surface area contributed by atoms with Crippen LogP contribution in [0.2, 0.25) is 0 Å². The third kappa shape index (κ3) is 6.59. The Labute approximate surface area is 220 Å². The summed E-state index contributed by atoms with van der Waals surface area (Å²) in [7, 11) is -3.99. The Morgan fingerprint density at radius 3 is 2.23 bits per heavy atom. The second-order valence-corrected chi connectivity index (χ2v) is 11.2. The van der Waals surface area contributed by atoms with E-state index < -0.39 is 57.1 Å². The number of halogens is 5. The summed E-state index contributed by atoms with van der Waals surface area (Å²) in [6, 6.07) is 6.32. The van der Waals surface area contributed by atoms with E-state index in [0.29, 0.717) is 6.07 Å². The van der Waals surface area contributed by atoms with Crippen molar-refractivity contribution in [1.29, 1.82) is 0 Å². The highest BCUT2D eigenvalue weighted by atomic mass is 32.2. The van der Waals surface area contributed by atoms with Gasteiger partial charge in [-0.15, -0.1) is 0 Å². The predicted molar refractivity (Wildman–Crippen MR) is 128 cm³/mol. The van der Waals surface area contributed by atoms with E-state index in [-0.39, 0.29) is 43.9 Å². The highest BCUT2D eigenvalue weighted by molar-refractivity contribution is 7.89. The number of rotatable bonds is 8. The van der Waals surface area contributed by atoms with Gasteiger partial charge in [-0.1, -0.05) is 6.07 Å². The zero-order valence-corrected chi connectivity index (χ0v) is 21.2. The number of hydrogen-bond acceptors (Lipinski definition) is 6. The number of hydrogen-bond donors (Lipinski definition) is 1. The number of aliphatic hydroxyl groups is 1. The lowest BCUT2D eigenvalue weighted by Gasteiger charge is -2.35. The highest BCUT2D eigenvalue weighted by Crippen LogP contribution is 2.31. The Morgan fingerprint density at radius 1 is 1.00 bits per heavy atom. The molecule has 1 amide bonds. The fourth-order valence-corrected chi connectivity index (χ4v) is 5.90. The lowest BCUT2D eigenvalue weighted by Crippen LogP contribution is -2.51. The number of benzene rings is 2. The Kier molecular flexibility index (Phi) is 8.04. The molecule has 1 saturated heterocycles. The number of alkyl halides is 3. The van der Waals surface area contributed by atoms with Crippen molar-refractivity contribution in [3.8, 4) is 0 Å². The fraction of sp³-hybridized carbons (Fsp3) is 0.375. The summed E-state index contributed by atoms with van der Waals surface area (Å²) in [6.45, 7) is -0.521. The van der Waals surface area contributed by atoms with Crippen LogP contribution in [0.5, 0.6) is 0 Å². The molecule has 1 unspecified atom stereocenters. The van der Waals surface area contributed by atoms with E-state index >= 15 is 0 Å². The van der Waals surface area contributed by atoms with Crippen LogP contribution in [0.4, 0.5) is 22.0 Å². The SMILES string of the molecule is O=C(c1ccc(C(F)(F)F)cc1)N1CCN(S(=O)(=O)CCC(O)(Cn2cncn2)c2ccc(F)cc2F)CC1. The van der Waals surface area contributed by atoms with Gasteiger partial charge in [-0.2, -0.15) is 22.6 Å². The van der Waals surface area contributed by atoms with Crippen LogP contribution in [-0.2, 0) is 28.3 Å². The van der Waals surface area contributed by atoms with Crippen LogP contribution in [0.25, 0.3) is 0 Å². The van der Waals surface area contributed by atoms with E-state index in [9.17, 15) is 40.3 Å². The maximum atomic E-state index is 14.6. The number of sulfonamides is 1. The molecule has 15 heteroatoms. The van der Waals surface area contributed by atoms with E-state index in [0.717, 1.165) is 40.7 Å².